The molecule has 6 rings (SSSR count). The molecule has 0 aromatic carbocycles. The standard InChI is InChI=1S/C31H50O5.CH4O/c1-18-12-13-30-17-29(30)15-14-28(7)21(20(29)8-10-23(30)26(18,3)4)16-31(34)24(28)11-9-22(36-31)25(27(5,6)33)35-19(2)32;1-2/h18,20-25,33-34H,8-17H2,1-7H3;2H,1H3/t18-,20?,21?,22?,23?,24?,25-,28?,29-,30?,31-;/m0./s1. The van der Waals surface area contributed by atoms with E-state index in [4.69, 9.17) is 14.6 Å². The summed E-state index contributed by atoms with van der Waals surface area (Å²) in [5.41, 5.74) is 0.301. The van der Waals surface area contributed by atoms with Gasteiger partial charge in [-0.25, -0.2) is 0 Å². The molecule has 1 aliphatic heterocycles. The molecule has 1 heterocycles. The third-order valence-corrected chi connectivity index (χ3v) is 13.5. The van der Waals surface area contributed by atoms with Gasteiger partial charge in [-0.1, -0.05) is 27.7 Å². The van der Waals surface area contributed by atoms with E-state index in [1.54, 1.807) is 13.8 Å². The summed E-state index contributed by atoms with van der Waals surface area (Å²) in [5.74, 6) is 1.31. The van der Waals surface area contributed by atoms with Crippen molar-refractivity contribution in [1.82, 2.24) is 0 Å². The number of carbonyl (C=O) groups is 1. The summed E-state index contributed by atoms with van der Waals surface area (Å²) in [5, 5.41) is 29.9. The highest BCUT2D eigenvalue weighted by molar-refractivity contribution is 5.66. The highest BCUT2D eigenvalue weighted by Gasteiger charge is 2.81. The van der Waals surface area contributed by atoms with Crippen molar-refractivity contribution in [3.8, 4) is 0 Å². The van der Waals surface area contributed by atoms with E-state index in [0.717, 1.165) is 25.4 Å². The SMILES string of the molecule is CC(=O)O[C@@H](C1CCC2C3(C)CC[C@@]45CC46CC[C@H](C)C(C)(C)C6CCC5C3C[C@]2(O)O1)C(C)(C)O.CO. The number of fused-ring (bicyclic) bond motifs is 4. The highest BCUT2D eigenvalue weighted by atomic mass is 16.7. The molecule has 38 heavy (non-hydrogen) atoms. The lowest BCUT2D eigenvalue weighted by Gasteiger charge is -2.59. The number of esters is 1. The molecule has 5 saturated carbocycles. The molecule has 6 aliphatic rings. The van der Waals surface area contributed by atoms with Crippen LogP contribution in [0.1, 0.15) is 113 Å². The number of hydrogen-bond donors (Lipinski definition) is 3. The Morgan fingerprint density at radius 2 is 1.61 bits per heavy atom. The first-order valence-electron chi connectivity index (χ1n) is 15.4. The maximum Gasteiger partial charge on any atom is 0.303 e. The predicted molar refractivity (Wildman–Crippen MR) is 146 cm³/mol. The van der Waals surface area contributed by atoms with Gasteiger partial charge in [-0.05, 0) is 117 Å². The Bertz CT molecular complexity index is 941. The number of carbonyl (C=O) groups excluding carboxylic acids is 1. The van der Waals surface area contributed by atoms with Gasteiger partial charge < -0.3 is 24.8 Å². The minimum Gasteiger partial charge on any atom is -0.457 e. The van der Waals surface area contributed by atoms with E-state index < -0.39 is 29.6 Å². The van der Waals surface area contributed by atoms with Crippen LogP contribution in [0.4, 0.5) is 0 Å². The van der Waals surface area contributed by atoms with Crippen molar-refractivity contribution in [2.45, 2.75) is 136 Å². The van der Waals surface area contributed by atoms with Crippen molar-refractivity contribution in [2.75, 3.05) is 7.11 Å². The first-order chi connectivity index (χ1) is 17.6. The molecule has 2 spiro atoms. The van der Waals surface area contributed by atoms with Gasteiger partial charge in [0.2, 0.25) is 0 Å². The first kappa shape index (κ1) is 28.8. The molecule has 6 fully saturated rings. The van der Waals surface area contributed by atoms with Gasteiger partial charge in [-0.15, -0.1) is 0 Å². The van der Waals surface area contributed by atoms with Crippen molar-refractivity contribution < 1.29 is 29.6 Å². The highest BCUT2D eigenvalue weighted by Crippen LogP contribution is 2.87. The number of rotatable bonds is 3. The van der Waals surface area contributed by atoms with Crippen LogP contribution in [0.2, 0.25) is 0 Å². The molecular formula is C32H54O6. The van der Waals surface area contributed by atoms with Crippen LogP contribution >= 0.6 is 0 Å². The Kier molecular flexibility index (Phi) is 6.75. The summed E-state index contributed by atoms with van der Waals surface area (Å²) < 4.78 is 12.1. The van der Waals surface area contributed by atoms with E-state index in [9.17, 15) is 15.0 Å². The van der Waals surface area contributed by atoms with Gasteiger partial charge in [-0.3, -0.25) is 4.79 Å². The zero-order chi connectivity index (χ0) is 28.1. The van der Waals surface area contributed by atoms with Crippen molar-refractivity contribution in [1.29, 1.82) is 0 Å². The molecule has 0 bridgehead atoms. The van der Waals surface area contributed by atoms with Crippen LogP contribution in [-0.4, -0.2) is 52.0 Å². The summed E-state index contributed by atoms with van der Waals surface area (Å²) in [7, 11) is 1.00. The molecule has 218 valence electrons. The van der Waals surface area contributed by atoms with E-state index in [0.29, 0.717) is 40.9 Å². The van der Waals surface area contributed by atoms with Crippen molar-refractivity contribution in [3.63, 3.8) is 0 Å². The Hall–Kier alpha value is -0.690. The van der Waals surface area contributed by atoms with E-state index in [1.165, 1.54) is 51.9 Å². The maximum absolute atomic E-state index is 12.1. The third-order valence-electron chi connectivity index (χ3n) is 13.5. The quantitative estimate of drug-likeness (QED) is 0.416. The fourth-order valence-corrected chi connectivity index (χ4v) is 11.6. The zero-order valence-corrected chi connectivity index (χ0v) is 25.2. The third kappa shape index (κ3) is 3.75. The van der Waals surface area contributed by atoms with Gasteiger partial charge in [0.25, 0.3) is 0 Å². The second-order valence-corrected chi connectivity index (χ2v) is 15.6. The molecule has 6 heteroatoms. The first-order valence-corrected chi connectivity index (χ1v) is 15.4. The van der Waals surface area contributed by atoms with Crippen molar-refractivity contribution in [3.05, 3.63) is 0 Å². The summed E-state index contributed by atoms with van der Waals surface area (Å²) in [6, 6.07) is 0. The van der Waals surface area contributed by atoms with Crippen molar-refractivity contribution in [2.24, 2.45) is 51.2 Å². The Morgan fingerprint density at radius 3 is 2.24 bits per heavy atom. The van der Waals surface area contributed by atoms with Gasteiger partial charge in [0, 0.05) is 26.4 Å². The predicted octanol–water partition coefficient (Wildman–Crippen LogP) is 5.46. The summed E-state index contributed by atoms with van der Waals surface area (Å²) in [4.78, 5) is 11.8. The molecule has 0 amide bonds. The zero-order valence-electron chi connectivity index (χ0n) is 25.2. The molecule has 7 unspecified atom stereocenters. The van der Waals surface area contributed by atoms with Gasteiger partial charge in [-0.2, -0.15) is 0 Å². The summed E-state index contributed by atoms with van der Waals surface area (Å²) in [6.07, 6.45) is 10.3. The average Bonchev–Trinajstić information content (AvgIpc) is 3.43. The number of aliphatic hydroxyl groups is 3. The second kappa shape index (κ2) is 8.90. The topological polar surface area (TPSA) is 96.2 Å². The minimum atomic E-state index is -1.23. The number of aliphatic hydroxyl groups excluding tert-OH is 1. The molecule has 1 saturated heterocycles. The minimum absolute atomic E-state index is 0.0927. The second-order valence-electron chi connectivity index (χ2n) is 15.6. The summed E-state index contributed by atoms with van der Waals surface area (Å²) in [6.45, 7) is 14.7. The maximum atomic E-state index is 12.1. The molecule has 0 radical (unpaired) electrons. The Morgan fingerprint density at radius 1 is 0.947 bits per heavy atom. The number of ether oxygens (including phenoxy) is 2. The van der Waals surface area contributed by atoms with Crippen LogP contribution < -0.4 is 0 Å². The van der Waals surface area contributed by atoms with Gasteiger partial charge >= 0.3 is 5.97 Å². The van der Waals surface area contributed by atoms with E-state index in [1.807, 2.05) is 0 Å². The normalized spacial score (nSPS) is 51.0. The van der Waals surface area contributed by atoms with Crippen LogP contribution in [-0.2, 0) is 14.3 Å². The molecule has 6 nitrogen and oxygen atoms in total. The lowest BCUT2D eigenvalue weighted by atomic mass is 9.45. The van der Waals surface area contributed by atoms with Crippen molar-refractivity contribution >= 4 is 5.97 Å². The average molecular weight is 535 g/mol. The fraction of sp³-hybridized carbons (Fsp3) is 0.969. The molecule has 11 atom stereocenters. The molecule has 5 aliphatic carbocycles. The molecule has 0 aromatic rings. The number of hydrogen-bond acceptors (Lipinski definition) is 6. The summed E-state index contributed by atoms with van der Waals surface area (Å²) >= 11 is 0. The Balaban J connectivity index is 0.00000144. The van der Waals surface area contributed by atoms with Crippen LogP contribution in [0.25, 0.3) is 0 Å². The van der Waals surface area contributed by atoms with E-state index in [-0.39, 0.29) is 11.3 Å². The van der Waals surface area contributed by atoms with Crippen LogP contribution in [0.5, 0.6) is 0 Å². The largest absolute Gasteiger partial charge is 0.457 e. The molecule has 0 aromatic heterocycles. The van der Waals surface area contributed by atoms with Gasteiger partial charge in [0.1, 0.15) is 6.10 Å². The Labute approximate surface area is 230 Å². The van der Waals surface area contributed by atoms with E-state index >= 15 is 0 Å². The van der Waals surface area contributed by atoms with Crippen LogP contribution in [0, 0.1) is 51.2 Å². The van der Waals surface area contributed by atoms with Crippen LogP contribution in [0.3, 0.4) is 0 Å². The fourth-order valence-electron chi connectivity index (χ4n) is 11.6. The lowest BCUT2D eigenvalue weighted by molar-refractivity contribution is -0.306. The monoisotopic (exact) mass is 534 g/mol. The lowest BCUT2D eigenvalue weighted by Crippen LogP contribution is -2.57. The smallest absolute Gasteiger partial charge is 0.303 e. The van der Waals surface area contributed by atoms with Gasteiger partial charge in [0.15, 0.2) is 11.9 Å². The van der Waals surface area contributed by atoms with Gasteiger partial charge in [0.05, 0.1) is 5.60 Å². The van der Waals surface area contributed by atoms with Crippen LogP contribution in [0.15, 0.2) is 0 Å². The van der Waals surface area contributed by atoms with E-state index in [2.05, 4.69) is 27.7 Å². The molecular weight excluding hydrogens is 480 g/mol. The molecule has 3 N–H and O–H groups in total.